The molecule has 1 heterocycles. The molecule has 6 heteroatoms. The smallest absolute Gasteiger partial charge is 0.243 e. The standard InChI is InChI=1S/C19H28N2O3S/c1-12(2)10-15(18(23)20-13(3)4)21-17(22)11-25-19(21)14-8-6-7-9-16(14)24-5/h6-9,12-13,15,19H,10-11H2,1-5H3,(H,20,23). The molecule has 138 valence electrons. The number of benzene rings is 1. The Hall–Kier alpha value is -1.69. The first-order chi connectivity index (χ1) is 11.8. The van der Waals surface area contributed by atoms with E-state index in [1.807, 2.05) is 38.1 Å². The van der Waals surface area contributed by atoms with E-state index in [2.05, 4.69) is 19.2 Å². The molecule has 0 aromatic heterocycles. The highest BCUT2D eigenvalue weighted by atomic mass is 32.2. The van der Waals surface area contributed by atoms with Gasteiger partial charge in [-0.1, -0.05) is 32.0 Å². The lowest BCUT2D eigenvalue weighted by molar-refractivity contribution is -0.139. The van der Waals surface area contributed by atoms with Crippen molar-refractivity contribution in [3.05, 3.63) is 29.8 Å². The van der Waals surface area contributed by atoms with Gasteiger partial charge in [-0.3, -0.25) is 9.59 Å². The van der Waals surface area contributed by atoms with Gasteiger partial charge in [-0.05, 0) is 32.3 Å². The van der Waals surface area contributed by atoms with Crippen LogP contribution in [0.25, 0.3) is 0 Å². The predicted molar refractivity (Wildman–Crippen MR) is 102 cm³/mol. The number of amides is 2. The molecule has 0 radical (unpaired) electrons. The normalized spacial score (nSPS) is 18.8. The number of ether oxygens (including phenoxy) is 1. The number of hydrogen-bond acceptors (Lipinski definition) is 4. The summed E-state index contributed by atoms with van der Waals surface area (Å²) in [6, 6.07) is 7.27. The lowest BCUT2D eigenvalue weighted by Crippen LogP contribution is -2.50. The Balaban J connectivity index is 2.38. The third-order valence-corrected chi connectivity index (χ3v) is 5.28. The molecule has 2 atom stereocenters. The van der Waals surface area contributed by atoms with Gasteiger partial charge in [0, 0.05) is 11.6 Å². The van der Waals surface area contributed by atoms with E-state index in [1.165, 1.54) is 0 Å². The molecule has 5 nitrogen and oxygen atoms in total. The fourth-order valence-electron chi connectivity index (χ4n) is 3.06. The SMILES string of the molecule is COc1ccccc1C1SCC(=O)N1C(CC(C)C)C(=O)NC(C)C. The third-order valence-electron chi connectivity index (χ3n) is 4.07. The molecular weight excluding hydrogens is 336 g/mol. The van der Waals surface area contributed by atoms with Gasteiger partial charge in [0.2, 0.25) is 11.8 Å². The summed E-state index contributed by atoms with van der Waals surface area (Å²) >= 11 is 1.55. The topological polar surface area (TPSA) is 58.6 Å². The van der Waals surface area contributed by atoms with Gasteiger partial charge in [-0.2, -0.15) is 0 Å². The fraction of sp³-hybridized carbons (Fsp3) is 0.579. The van der Waals surface area contributed by atoms with E-state index in [-0.39, 0.29) is 23.2 Å². The summed E-state index contributed by atoms with van der Waals surface area (Å²) in [5.74, 6) is 1.35. The molecule has 1 N–H and O–H groups in total. The molecule has 1 saturated heterocycles. The highest BCUT2D eigenvalue weighted by Crippen LogP contribution is 2.44. The zero-order valence-electron chi connectivity index (χ0n) is 15.6. The minimum Gasteiger partial charge on any atom is -0.496 e. The van der Waals surface area contributed by atoms with Gasteiger partial charge < -0.3 is 15.0 Å². The lowest BCUT2D eigenvalue weighted by Gasteiger charge is -2.34. The maximum Gasteiger partial charge on any atom is 0.243 e. The van der Waals surface area contributed by atoms with E-state index in [4.69, 9.17) is 4.74 Å². The van der Waals surface area contributed by atoms with Crippen molar-refractivity contribution in [1.29, 1.82) is 0 Å². The quantitative estimate of drug-likeness (QED) is 0.807. The lowest BCUT2D eigenvalue weighted by atomic mass is 10.00. The van der Waals surface area contributed by atoms with Gasteiger partial charge in [-0.15, -0.1) is 11.8 Å². The number of rotatable bonds is 7. The second-order valence-electron chi connectivity index (χ2n) is 7.01. The number of carbonyl (C=O) groups excluding carboxylic acids is 2. The molecule has 2 rings (SSSR count). The Bertz CT molecular complexity index is 618. The third kappa shape index (κ3) is 4.69. The molecule has 1 aromatic carbocycles. The zero-order valence-corrected chi connectivity index (χ0v) is 16.4. The van der Waals surface area contributed by atoms with Crippen LogP contribution in [-0.4, -0.2) is 41.7 Å². The number of methoxy groups -OCH3 is 1. The predicted octanol–water partition coefficient (Wildman–Crippen LogP) is 3.21. The van der Waals surface area contributed by atoms with Crippen molar-refractivity contribution in [2.75, 3.05) is 12.9 Å². The van der Waals surface area contributed by atoms with Crippen molar-refractivity contribution < 1.29 is 14.3 Å². The number of thioether (sulfide) groups is 1. The Morgan fingerprint density at radius 3 is 2.60 bits per heavy atom. The first-order valence-corrected chi connectivity index (χ1v) is 9.76. The van der Waals surface area contributed by atoms with E-state index in [0.29, 0.717) is 18.1 Å². The van der Waals surface area contributed by atoms with E-state index in [0.717, 1.165) is 11.3 Å². The van der Waals surface area contributed by atoms with Crippen LogP contribution in [0.15, 0.2) is 24.3 Å². The molecule has 0 aliphatic carbocycles. The second kappa shape index (κ2) is 8.61. The minimum absolute atomic E-state index is 0.00506. The van der Waals surface area contributed by atoms with Crippen LogP contribution < -0.4 is 10.1 Å². The van der Waals surface area contributed by atoms with E-state index < -0.39 is 6.04 Å². The first-order valence-electron chi connectivity index (χ1n) is 8.71. The molecule has 0 spiro atoms. The molecule has 2 unspecified atom stereocenters. The number of carbonyl (C=O) groups is 2. The summed E-state index contributed by atoms with van der Waals surface area (Å²) in [5, 5.41) is 2.77. The molecular formula is C19H28N2O3S. The Morgan fingerprint density at radius 1 is 1.32 bits per heavy atom. The van der Waals surface area contributed by atoms with Crippen LogP contribution in [0.5, 0.6) is 5.75 Å². The maximum absolute atomic E-state index is 12.8. The van der Waals surface area contributed by atoms with E-state index in [1.54, 1.807) is 23.8 Å². The summed E-state index contributed by atoms with van der Waals surface area (Å²) in [7, 11) is 1.63. The van der Waals surface area contributed by atoms with Crippen molar-refractivity contribution in [2.45, 2.75) is 51.6 Å². The maximum atomic E-state index is 12.8. The fourth-order valence-corrected chi connectivity index (χ4v) is 4.31. The van der Waals surface area contributed by atoms with Crippen molar-refractivity contribution in [1.82, 2.24) is 10.2 Å². The summed E-state index contributed by atoms with van der Waals surface area (Å²) in [6.07, 6.45) is 0.635. The van der Waals surface area contributed by atoms with E-state index in [9.17, 15) is 9.59 Å². The van der Waals surface area contributed by atoms with Crippen molar-refractivity contribution >= 4 is 23.6 Å². The van der Waals surface area contributed by atoms with Crippen LogP contribution in [0.4, 0.5) is 0 Å². The van der Waals surface area contributed by atoms with Gasteiger partial charge in [0.05, 0.1) is 12.9 Å². The summed E-state index contributed by atoms with van der Waals surface area (Å²) in [6.45, 7) is 8.01. The monoisotopic (exact) mass is 364 g/mol. The van der Waals surface area contributed by atoms with Gasteiger partial charge in [-0.25, -0.2) is 0 Å². The first kappa shape index (κ1) is 19.6. The average molecular weight is 365 g/mol. The highest BCUT2D eigenvalue weighted by Gasteiger charge is 2.42. The molecule has 1 aromatic rings. The molecule has 0 saturated carbocycles. The van der Waals surface area contributed by atoms with Crippen LogP contribution in [-0.2, 0) is 9.59 Å². The van der Waals surface area contributed by atoms with Crippen LogP contribution in [0.1, 0.15) is 45.1 Å². The molecule has 25 heavy (non-hydrogen) atoms. The largest absolute Gasteiger partial charge is 0.496 e. The van der Waals surface area contributed by atoms with Crippen molar-refractivity contribution in [3.8, 4) is 5.75 Å². The van der Waals surface area contributed by atoms with Crippen molar-refractivity contribution in [3.63, 3.8) is 0 Å². The number of nitrogens with one attached hydrogen (secondary N) is 1. The molecule has 1 fully saturated rings. The summed E-state index contributed by atoms with van der Waals surface area (Å²) in [4.78, 5) is 27.2. The van der Waals surface area contributed by atoms with Crippen LogP contribution in [0.2, 0.25) is 0 Å². The Labute approximate surface area is 154 Å². The molecule has 2 amide bonds. The van der Waals surface area contributed by atoms with Gasteiger partial charge >= 0.3 is 0 Å². The van der Waals surface area contributed by atoms with Crippen molar-refractivity contribution in [2.24, 2.45) is 5.92 Å². The summed E-state index contributed by atoms with van der Waals surface area (Å²) < 4.78 is 5.48. The Morgan fingerprint density at radius 2 is 2.00 bits per heavy atom. The van der Waals surface area contributed by atoms with Crippen LogP contribution in [0.3, 0.4) is 0 Å². The minimum atomic E-state index is -0.472. The zero-order chi connectivity index (χ0) is 18.6. The Kier molecular flexibility index (Phi) is 6.76. The van der Waals surface area contributed by atoms with Crippen LogP contribution in [0, 0.1) is 5.92 Å². The highest BCUT2D eigenvalue weighted by molar-refractivity contribution is 8.00. The van der Waals surface area contributed by atoms with E-state index >= 15 is 0 Å². The number of para-hydroxylation sites is 1. The molecule has 1 aliphatic heterocycles. The van der Waals surface area contributed by atoms with Gasteiger partial charge in [0.25, 0.3) is 0 Å². The van der Waals surface area contributed by atoms with Gasteiger partial charge in [0.15, 0.2) is 0 Å². The number of hydrogen-bond donors (Lipinski definition) is 1. The average Bonchev–Trinajstić information content (AvgIpc) is 2.93. The summed E-state index contributed by atoms with van der Waals surface area (Å²) in [5.41, 5.74) is 0.937. The molecule has 1 aliphatic rings. The van der Waals surface area contributed by atoms with Crippen LogP contribution >= 0.6 is 11.8 Å². The second-order valence-corrected chi connectivity index (χ2v) is 8.08. The molecule has 0 bridgehead atoms. The number of nitrogens with zero attached hydrogens (tertiary/aromatic N) is 1. The van der Waals surface area contributed by atoms with Gasteiger partial charge in [0.1, 0.15) is 17.2 Å².